The van der Waals surface area contributed by atoms with Crippen LogP contribution in [0.5, 0.6) is 5.75 Å². The Morgan fingerprint density at radius 1 is 0.610 bits per heavy atom. The average molecular weight is 999 g/mol. The zero-order valence-electron chi connectivity index (χ0n) is 44.5. The quantitative estimate of drug-likeness (QED) is 0.137. The average Bonchev–Trinajstić information content (AvgIpc) is 4.17. The van der Waals surface area contributed by atoms with Crippen LogP contribution in [0.2, 0.25) is 0 Å². The standard InChI is InChI=1S/C73H62N2O2/c1-45(2)48-19-12-23-54(39-48)74(56-25-14-21-50(41-56)59-30-16-32-63-61-28-8-10-34-68(61)76-72(59)63)70-58-27-7-6-18-52(58)43-67-66(70)44-53-37-36-47(5)38-65(53)71(67)75(55-24-13-20-49(40-55)46(3)4)57-26-15-22-51(42-57)60-31-17-33-64-62-29-9-11-35-69(62)77-73(60)64/h6-31,33-37,39,41-46,49,63,65H,32,38,40H2,1-5H3. The molecule has 1 aliphatic heterocycles. The molecule has 14 rings (SSSR count). The van der Waals surface area contributed by atoms with Gasteiger partial charge in [-0.25, -0.2) is 0 Å². The molecular weight excluding hydrogens is 937 g/mol. The molecular formula is C73H62N2O2. The van der Waals surface area contributed by atoms with Gasteiger partial charge in [0.15, 0.2) is 0 Å². The Morgan fingerprint density at radius 3 is 2.19 bits per heavy atom. The van der Waals surface area contributed by atoms with Gasteiger partial charge < -0.3 is 19.0 Å². The van der Waals surface area contributed by atoms with E-state index in [2.05, 4.69) is 263 Å². The number of nitrogens with zero attached hydrogens (tertiary/aromatic N) is 2. The van der Waals surface area contributed by atoms with E-state index in [0.29, 0.717) is 17.8 Å². The normalized spacial score (nSPS) is 18.4. The third-order valence-corrected chi connectivity index (χ3v) is 16.9. The van der Waals surface area contributed by atoms with Gasteiger partial charge in [0.05, 0.1) is 5.69 Å². The third kappa shape index (κ3) is 8.04. The number of allylic oxidation sites excluding steroid dienone is 11. The van der Waals surface area contributed by atoms with Crippen molar-refractivity contribution < 1.29 is 9.15 Å². The van der Waals surface area contributed by atoms with E-state index in [1.807, 2.05) is 0 Å². The number of fused-ring (bicyclic) bond motifs is 9. The summed E-state index contributed by atoms with van der Waals surface area (Å²) >= 11 is 0. The Hall–Kier alpha value is -8.60. The summed E-state index contributed by atoms with van der Waals surface area (Å²) in [7, 11) is 0. The molecule has 0 spiro atoms. The highest BCUT2D eigenvalue weighted by molar-refractivity contribution is 6.10. The van der Waals surface area contributed by atoms with Gasteiger partial charge in [-0.2, -0.15) is 0 Å². The maximum atomic E-state index is 6.76. The van der Waals surface area contributed by atoms with E-state index < -0.39 is 0 Å². The number of benzene rings is 8. The van der Waals surface area contributed by atoms with Crippen LogP contribution in [-0.2, 0) is 0 Å². The fraction of sp³-hybridized carbons (Fsp3) is 0.178. The van der Waals surface area contributed by atoms with Crippen LogP contribution in [0.1, 0.15) is 82.4 Å². The fourth-order valence-electron chi connectivity index (χ4n) is 13.0. The van der Waals surface area contributed by atoms with E-state index in [1.165, 1.54) is 60.6 Å². The molecule has 0 radical (unpaired) electrons. The Morgan fingerprint density at radius 2 is 1.34 bits per heavy atom. The molecule has 0 saturated heterocycles. The summed E-state index contributed by atoms with van der Waals surface area (Å²) in [5.41, 5.74) is 18.7. The first-order valence-electron chi connectivity index (χ1n) is 27.8. The van der Waals surface area contributed by atoms with E-state index in [0.717, 1.165) is 92.0 Å². The molecule has 4 heteroatoms. The van der Waals surface area contributed by atoms with Crippen molar-refractivity contribution in [3.63, 3.8) is 0 Å². The van der Waals surface area contributed by atoms with Crippen LogP contribution in [0, 0.1) is 17.8 Å². The van der Waals surface area contributed by atoms with Crippen LogP contribution in [0.4, 0.5) is 22.7 Å². The SMILES string of the molecule is CC1=CC=C2C=c3c(N(c4cccc(C5=C6Oc7ccccc7C6CC=C5)c4)c4cccc(C(C)C)c4)c4ccccc4cc3=C(N(C3=CC=CC(C(C)C)C3)c3cccc(-c4cccc5c4oc4ccccc45)c3)C2C1. The summed E-state index contributed by atoms with van der Waals surface area (Å²) in [6.45, 7) is 11.6. The summed E-state index contributed by atoms with van der Waals surface area (Å²) in [5, 5.41) is 7.13. The molecule has 3 unspecified atom stereocenters. The van der Waals surface area contributed by atoms with Gasteiger partial charge in [0.2, 0.25) is 0 Å². The number of anilines is 4. The Kier molecular flexibility index (Phi) is 11.5. The first-order valence-corrected chi connectivity index (χ1v) is 27.8. The molecule has 0 amide bonds. The van der Waals surface area contributed by atoms with E-state index in [1.54, 1.807) is 0 Å². The first-order chi connectivity index (χ1) is 37.7. The number of hydrogen-bond donors (Lipinski definition) is 0. The van der Waals surface area contributed by atoms with Gasteiger partial charge in [-0.1, -0.05) is 185 Å². The van der Waals surface area contributed by atoms with Gasteiger partial charge in [0.1, 0.15) is 22.7 Å². The summed E-state index contributed by atoms with van der Waals surface area (Å²) in [4.78, 5) is 5.23. The van der Waals surface area contributed by atoms with Gasteiger partial charge in [-0.05, 0) is 138 Å². The maximum Gasteiger partial charge on any atom is 0.143 e. The minimum Gasteiger partial charge on any atom is -0.460 e. The maximum absolute atomic E-state index is 6.76. The molecule has 3 atom stereocenters. The van der Waals surface area contributed by atoms with Gasteiger partial charge in [-0.3, -0.25) is 0 Å². The van der Waals surface area contributed by atoms with Gasteiger partial charge in [0.25, 0.3) is 0 Å². The second-order valence-corrected chi connectivity index (χ2v) is 22.4. The van der Waals surface area contributed by atoms with E-state index >= 15 is 0 Å². The Labute approximate surface area is 451 Å². The van der Waals surface area contributed by atoms with Crippen molar-refractivity contribution >= 4 is 72.8 Å². The summed E-state index contributed by atoms with van der Waals surface area (Å²) in [5.74, 6) is 3.51. The van der Waals surface area contributed by atoms with Crippen molar-refractivity contribution in [3.8, 4) is 16.9 Å². The molecule has 5 aliphatic rings. The van der Waals surface area contributed by atoms with Crippen LogP contribution in [-0.4, -0.2) is 0 Å². The molecule has 0 fully saturated rings. The number of furan rings is 1. The second kappa shape index (κ2) is 18.9. The minimum absolute atomic E-state index is 0.101. The largest absolute Gasteiger partial charge is 0.460 e. The zero-order chi connectivity index (χ0) is 51.9. The highest BCUT2D eigenvalue weighted by atomic mass is 16.5. The van der Waals surface area contributed by atoms with Crippen molar-refractivity contribution in [2.75, 3.05) is 9.80 Å². The van der Waals surface area contributed by atoms with E-state index in [-0.39, 0.29) is 11.8 Å². The molecule has 8 aromatic carbocycles. The summed E-state index contributed by atoms with van der Waals surface area (Å²) in [6.07, 6.45) is 21.8. The smallest absolute Gasteiger partial charge is 0.143 e. The minimum atomic E-state index is 0.101. The molecule has 4 aliphatic carbocycles. The van der Waals surface area contributed by atoms with Gasteiger partial charge in [0, 0.05) is 83.6 Å². The number of ether oxygens (including phenoxy) is 1. The lowest BCUT2D eigenvalue weighted by molar-refractivity contribution is 0.429. The summed E-state index contributed by atoms with van der Waals surface area (Å²) in [6, 6.07) is 62.7. The van der Waals surface area contributed by atoms with E-state index in [4.69, 9.17) is 9.15 Å². The molecule has 9 aromatic rings. The van der Waals surface area contributed by atoms with Crippen LogP contribution in [0.15, 0.2) is 239 Å². The molecule has 2 heterocycles. The monoisotopic (exact) mass is 998 g/mol. The lowest BCUT2D eigenvalue weighted by Gasteiger charge is -2.40. The lowest BCUT2D eigenvalue weighted by Crippen LogP contribution is -2.43. The zero-order valence-corrected chi connectivity index (χ0v) is 44.5. The second-order valence-electron chi connectivity index (χ2n) is 22.4. The Bertz CT molecular complexity index is 4230. The first kappa shape index (κ1) is 46.9. The molecule has 4 nitrogen and oxygen atoms in total. The number of rotatable bonds is 10. The Balaban J connectivity index is 1.05. The molecule has 376 valence electrons. The van der Waals surface area contributed by atoms with Gasteiger partial charge in [-0.15, -0.1) is 0 Å². The molecule has 0 bridgehead atoms. The van der Waals surface area contributed by atoms with Crippen molar-refractivity contribution in [3.05, 3.63) is 262 Å². The molecule has 0 N–H and O–H groups in total. The van der Waals surface area contributed by atoms with Crippen LogP contribution in [0.25, 0.3) is 61.2 Å². The molecule has 0 saturated carbocycles. The topological polar surface area (TPSA) is 28.9 Å². The van der Waals surface area contributed by atoms with Crippen LogP contribution >= 0.6 is 0 Å². The highest BCUT2D eigenvalue weighted by Crippen LogP contribution is 2.50. The van der Waals surface area contributed by atoms with Crippen LogP contribution < -0.4 is 25.0 Å². The fourth-order valence-corrected chi connectivity index (χ4v) is 13.0. The van der Waals surface area contributed by atoms with Crippen molar-refractivity contribution in [1.29, 1.82) is 0 Å². The van der Waals surface area contributed by atoms with Crippen molar-refractivity contribution in [1.82, 2.24) is 0 Å². The molecule has 1 aromatic heterocycles. The van der Waals surface area contributed by atoms with Gasteiger partial charge >= 0.3 is 0 Å². The third-order valence-electron chi connectivity index (χ3n) is 16.9. The number of hydrogen-bond acceptors (Lipinski definition) is 4. The predicted molar refractivity (Wildman–Crippen MR) is 322 cm³/mol. The number of para-hydroxylation sites is 3. The van der Waals surface area contributed by atoms with Crippen molar-refractivity contribution in [2.24, 2.45) is 17.8 Å². The highest BCUT2D eigenvalue weighted by Gasteiger charge is 2.36. The van der Waals surface area contributed by atoms with Crippen molar-refractivity contribution in [2.45, 2.75) is 65.7 Å². The predicted octanol–water partition coefficient (Wildman–Crippen LogP) is 18.3. The van der Waals surface area contributed by atoms with Crippen LogP contribution in [0.3, 0.4) is 0 Å². The lowest BCUT2D eigenvalue weighted by atomic mass is 9.78. The summed E-state index contributed by atoms with van der Waals surface area (Å²) < 4.78 is 13.5. The van der Waals surface area contributed by atoms with E-state index in [9.17, 15) is 0 Å². The molecule has 77 heavy (non-hydrogen) atoms.